The monoisotopic (exact) mass is 440 g/mol. The zero-order chi connectivity index (χ0) is 21.6. The van der Waals surface area contributed by atoms with E-state index in [9.17, 15) is 14.0 Å². The number of carbonyl (C=O) groups excluding carboxylic acids is 2. The minimum Gasteiger partial charge on any atom is -0.355 e. The summed E-state index contributed by atoms with van der Waals surface area (Å²) in [6.45, 7) is 0.710. The van der Waals surface area contributed by atoms with Crippen LogP contribution in [0.5, 0.6) is 0 Å². The van der Waals surface area contributed by atoms with Crippen LogP contribution in [0.1, 0.15) is 30.7 Å². The summed E-state index contributed by atoms with van der Waals surface area (Å²) in [5, 5.41) is 3.56. The number of fused-ring (bicyclic) bond motifs is 2. The maximum absolute atomic E-state index is 13.5. The number of imidazole rings is 1. The van der Waals surface area contributed by atoms with Crippen LogP contribution in [0.3, 0.4) is 0 Å². The quantitative estimate of drug-likeness (QED) is 0.638. The second-order valence-electron chi connectivity index (χ2n) is 8.33. The Labute approximate surface area is 183 Å². The molecule has 2 aliphatic rings. The topological polar surface area (TPSA) is 78.1 Å². The van der Waals surface area contributed by atoms with Gasteiger partial charge in [-0.3, -0.25) is 9.59 Å². The number of rotatable bonds is 5. The van der Waals surface area contributed by atoms with Crippen molar-refractivity contribution >= 4 is 34.4 Å². The molecular formula is C23H22ClFN4O2. The predicted molar refractivity (Wildman–Crippen MR) is 115 cm³/mol. The number of benzene rings is 2. The maximum atomic E-state index is 13.5. The van der Waals surface area contributed by atoms with E-state index in [0.717, 1.165) is 12.0 Å². The minimum absolute atomic E-state index is 0.0693. The lowest BCUT2D eigenvalue weighted by molar-refractivity contribution is -0.129. The van der Waals surface area contributed by atoms with Crippen molar-refractivity contribution < 1.29 is 14.0 Å². The van der Waals surface area contributed by atoms with Crippen molar-refractivity contribution in [1.29, 1.82) is 0 Å². The number of hydrogen-bond donors (Lipinski definition) is 2. The van der Waals surface area contributed by atoms with Gasteiger partial charge in [-0.15, -0.1) is 0 Å². The molecule has 0 unspecified atom stereocenters. The van der Waals surface area contributed by atoms with Crippen molar-refractivity contribution in [2.24, 2.45) is 0 Å². The van der Waals surface area contributed by atoms with Gasteiger partial charge in [0.25, 0.3) is 0 Å². The van der Waals surface area contributed by atoms with Gasteiger partial charge in [0.05, 0.1) is 16.4 Å². The highest BCUT2D eigenvalue weighted by atomic mass is 35.5. The molecule has 2 atom stereocenters. The molecule has 160 valence electrons. The summed E-state index contributed by atoms with van der Waals surface area (Å²) in [5.41, 5.74) is 1.21. The first-order valence-corrected chi connectivity index (χ1v) is 10.8. The number of aromatic amines is 1. The number of amides is 2. The van der Waals surface area contributed by atoms with Crippen molar-refractivity contribution in [3.8, 4) is 0 Å². The first-order valence-electron chi connectivity index (χ1n) is 10.4. The Kier molecular flexibility index (Phi) is 4.93. The zero-order valence-electron chi connectivity index (χ0n) is 16.8. The van der Waals surface area contributed by atoms with Crippen LogP contribution in [0.15, 0.2) is 42.5 Å². The van der Waals surface area contributed by atoms with Gasteiger partial charge in [-0.25, -0.2) is 9.37 Å². The molecule has 31 heavy (non-hydrogen) atoms. The van der Waals surface area contributed by atoms with Gasteiger partial charge in [0.2, 0.25) is 11.8 Å². The van der Waals surface area contributed by atoms with Crippen molar-refractivity contribution in [3.63, 3.8) is 0 Å². The van der Waals surface area contributed by atoms with Gasteiger partial charge in [0.1, 0.15) is 11.6 Å². The lowest BCUT2D eigenvalue weighted by atomic mass is 9.76. The Morgan fingerprint density at radius 3 is 2.97 bits per heavy atom. The molecule has 2 fully saturated rings. The Balaban J connectivity index is 1.35. The second-order valence-corrected chi connectivity index (χ2v) is 8.74. The van der Waals surface area contributed by atoms with Gasteiger partial charge < -0.3 is 15.2 Å². The third kappa shape index (κ3) is 3.47. The predicted octanol–water partition coefficient (Wildman–Crippen LogP) is 3.35. The molecule has 0 spiro atoms. The summed E-state index contributed by atoms with van der Waals surface area (Å²) in [6, 6.07) is 11.8. The number of halogens is 2. The molecule has 3 aromatic rings. The van der Waals surface area contributed by atoms with Crippen LogP contribution in [0.2, 0.25) is 5.02 Å². The Morgan fingerprint density at radius 2 is 2.16 bits per heavy atom. The average Bonchev–Trinajstić information content (AvgIpc) is 3.42. The van der Waals surface area contributed by atoms with Gasteiger partial charge in [-0.2, -0.15) is 0 Å². The van der Waals surface area contributed by atoms with E-state index in [0.29, 0.717) is 54.2 Å². The number of nitrogens with zero attached hydrogens (tertiary/aromatic N) is 2. The molecule has 2 N–H and O–H groups in total. The molecular weight excluding hydrogens is 419 g/mol. The van der Waals surface area contributed by atoms with Gasteiger partial charge in [-0.05, 0) is 42.7 Å². The summed E-state index contributed by atoms with van der Waals surface area (Å²) >= 11 is 6.49. The molecule has 6 nitrogen and oxygen atoms in total. The third-order valence-corrected chi connectivity index (χ3v) is 6.77. The summed E-state index contributed by atoms with van der Waals surface area (Å²) < 4.78 is 13.4. The zero-order valence-corrected chi connectivity index (χ0v) is 17.6. The molecule has 2 aliphatic heterocycles. The Hall–Kier alpha value is -2.93. The van der Waals surface area contributed by atoms with Crippen LogP contribution in [-0.4, -0.2) is 45.8 Å². The lowest BCUT2D eigenvalue weighted by Gasteiger charge is -2.29. The highest BCUT2D eigenvalue weighted by molar-refractivity contribution is 6.31. The summed E-state index contributed by atoms with van der Waals surface area (Å²) in [6.07, 6.45) is 2.36. The van der Waals surface area contributed by atoms with E-state index in [-0.39, 0.29) is 23.7 Å². The van der Waals surface area contributed by atoms with E-state index in [4.69, 9.17) is 11.6 Å². The van der Waals surface area contributed by atoms with Crippen molar-refractivity contribution in [1.82, 2.24) is 20.2 Å². The van der Waals surface area contributed by atoms with Gasteiger partial charge >= 0.3 is 0 Å². The second kappa shape index (κ2) is 7.64. The van der Waals surface area contributed by atoms with Crippen LogP contribution >= 0.6 is 11.6 Å². The molecule has 0 radical (unpaired) electrons. The number of aromatic nitrogens is 2. The number of carbonyl (C=O) groups is 2. The fourth-order valence-electron chi connectivity index (χ4n) is 4.93. The fraction of sp³-hybridized carbons (Fsp3) is 0.348. The first-order chi connectivity index (χ1) is 15.0. The number of hydrogen-bond acceptors (Lipinski definition) is 3. The first kappa shape index (κ1) is 20.0. The normalized spacial score (nSPS) is 22.8. The molecule has 0 saturated carbocycles. The van der Waals surface area contributed by atoms with Crippen LogP contribution in [0, 0.1) is 5.82 Å². The van der Waals surface area contributed by atoms with Crippen LogP contribution in [0.4, 0.5) is 4.39 Å². The Morgan fingerprint density at radius 1 is 1.32 bits per heavy atom. The van der Waals surface area contributed by atoms with Crippen molar-refractivity contribution in [3.05, 3.63) is 64.7 Å². The smallest absolute Gasteiger partial charge is 0.232 e. The van der Waals surface area contributed by atoms with Crippen molar-refractivity contribution in [2.45, 2.75) is 37.1 Å². The molecule has 5 rings (SSSR count). The van der Waals surface area contributed by atoms with E-state index < -0.39 is 5.41 Å². The molecule has 2 saturated heterocycles. The van der Waals surface area contributed by atoms with E-state index in [2.05, 4.69) is 15.3 Å². The van der Waals surface area contributed by atoms with Gasteiger partial charge in [0, 0.05) is 37.0 Å². The molecule has 8 heteroatoms. The summed E-state index contributed by atoms with van der Waals surface area (Å²) in [7, 11) is 0. The van der Waals surface area contributed by atoms with E-state index >= 15 is 0 Å². The van der Waals surface area contributed by atoms with Crippen LogP contribution < -0.4 is 5.32 Å². The largest absolute Gasteiger partial charge is 0.355 e. The van der Waals surface area contributed by atoms with Gasteiger partial charge in [-0.1, -0.05) is 29.8 Å². The standard InChI is InChI=1S/C23H22ClFN4O2/c24-17-4-2-1-3-16(17)23(12-15-6-8-21(30)29(15)13-23)22(31)26-10-9-20-27-18-7-5-14(25)11-19(18)28-20/h1-5,7,11,15H,6,8-10,12-13H2,(H,26,31)(H,27,28)/t15-,23-/m0/s1. The molecule has 1 aromatic heterocycles. The molecule has 3 heterocycles. The molecule has 2 aromatic carbocycles. The average molecular weight is 441 g/mol. The lowest BCUT2D eigenvalue weighted by Crippen LogP contribution is -2.47. The van der Waals surface area contributed by atoms with Gasteiger partial charge in [0.15, 0.2) is 0 Å². The van der Waals surface area contributed by atoms with Crippen LogP contribution in [-0.2, 0) is 21.4 Å². The molecule has 0 bridgehead atoms. The number of nitrogens with one attached hydrogen (secondary N) is 2. The molecule has 0 aliphatic carbocycles. The highest BCUT2D eigenvalue weighted by Gasteiger charge is 2.54. The van der Waals surface area contributed by atoms with E-state index in [1.165, 1.54) is 12.1 Å². The van der Waals surface area contributed by atoms with Crippen molar-refractivity contribution in [2.75, 3.05) is 13.1 Å². The Bertz CT molecular complexity index is 1180. The summed E-state index contributed by atoms with van der Waals surface area (Å²) in [5.74, 6) is 0.315. The number of H-pyrrole nitrogens is 1. The highest BCUT2D eigenvalue weighted by Crippen LogP contribution is 2.45. The third-order valence-electron chi connectivity index (χ3n) is 6.44. The fourth-order valence-corrected chi connectivity index (χ4v) is 5.24. The molecule has 2 amide bonds. The van der Waals surface area contributed by atoms with E-state index in [1.54, 1.807) is 12.1 Å². The summed E-state index contributed by atoms with van der Waals surface area (Å²) in [4.78, 5) is 35.2. The maximum Gasteiger partial charge on any atom is 0.232 e. The minimum atomic E-state index is -0.865. The SMILES string of the molecule is O=C1CC[C@H]2C[C@@](C(=O)NCCc3nc4ccc(F)cc4[nH]3)(c3ccccc3Cl)CN12. The van der Waals surface area contributed by atoms with Crippen LogP contribution in [0.25, 0.3) is 11.0 Å². The van der Waals surface area contributed by atoms with E-state index in [1.807, 2.05) is 23.1 Å².